The summed E-state index contributed by atoms with van der Waals surface area (Å²) in [5.41, 5.74) is 10.2. The first kappa shape index (κ1) is 12.0. The monoisotopic (exact) mass is 290 g/mol. The second-order valence-corrected chi connectivity index (χ2v) is 5.02. The predicted molar refractivity (Wildman–Crippen MR) is 77.8 cm³/mol. The first-order valence-corrected chi connectivity index (χ1v) is 6.22. The van der Waals surface area contributed by atoms with Crippen molar-refractivity contribution >= 4 is 33.0 Å². The number of anilines is 3. The smallest absolute Gasteiger partial charge is 0.0642 e. The van der Waals surface area contributed by atoms with Crippen molar-refractivity contribution in [2.45, 2.75) is 6.92 Å². The van der Waals surface area contributed by atoms with Gasteiger partial charge in [0.15, 0.2) is 0 Å². The molecular formula is C14H15BrN2. The van der Waals surface area contributed by atoms with Crippen LogP contribution in [-0.2, 0) is 0 Å². The number of hydrogen-bond donors (Lipinski definition) is 1. The van der Waals surface area contributed by atoms with E-state index in [-0.39, 0.29) is 0 Å². The second-order valence-electron chi connectivity index (χ2n) is 4.10. The molecule has 0 aromatic heterocycles. The van der Waals surface area contributed by atoms with Gasteiger partial charge >= 0.3 is 0 Å². The molecule has 0 aliphatic heterocycles. The molecule has 3 heteroatoms. The van der Waals surface area contributed by atoms with Gasteiger partial charge in [-0.3, -0.25) is 0 Å². The zero-order valence-electron chi connectivity index (χ0n) is 9.94. The molecule has 0 atom stereocenters. The fourth-order valence-electron chi connectivity index (χ4n) is 1.81. The van der Waals surface area contributed by atoms with Crippen molar-refractivity contribution in [1.82, 2.24) is 0 Å². The Balaban J connectivity index is 2.40. The highest BCUT2D eigenvalue weighted by Crippen LogP contribution is 2.31. The molecule has 0 radical (unpaired) electrons. The van der Waals surface area contributed by atoms with Crippen molar-refractivity contribution in [3.8, 4) is 0 Å². The number of nitrogens with two attached hydrogens (primary N) is 1. The molecule has 0 saturated carbocycles. The van der Waals surface area contributed by atoms with E-state index in [1.54, 1.807) is 0 Å². The van der Waals surface area contributed by atoms with E-state index in [0.717, 1.165) is 21.5 Å². The topological polar surface area (TPSA) is 29.3 Å². The molecule has 0 heterocycles. The largest absolute Gasteiger partial charge is 0.397 e. The van der Waals surface area contributed by atoms with Gasteiger partial charge < -0.3 is 10.6 Å². The third kappa shape index (κ3) is 2.61. The van der Waals surface area contributed by atoms with E-state index >= 15 is 0 Å². The number of hydrogen-bond acceptors (Lipinski definition) is 2. The average Bonchev–Trinajstić information content (AvgIpc) is 2.28. The minimum atomic E-state index is 0.767. The van der Waals surface area contributed by atoms with Crippen molar-refractivity contribution < 1.29 is 0 Å². The van der Waals surface area contributed by atoms with Crippen molar-refractivity contribution in [1.29, 1.82) is 0 Å². The molecule has 88 valence electrons. The number of aryl methyl sites for hydroxylation is 1. The summed E-state index contributed by atoms with van der Waals surface area (Å²) in [6.45, 7) is 2.09. The van der Waals surface area contributed by atoms with Gasteiger partial charge in [0.05, 0.1) is 11.4 Å². The SMILES string of the molecule is Cc1cccc(N(C)c2ccc(Br)cc2N)c1. The number of benzene rings is 2. The Morgan fingerprint density at radius 2 is 1.88 bits per heavy atom. The quantitative estimate of drug-likeness (QED) is 0.844. The summed E-state index contributed by atoms with van der Waals surface area (Å²) in [5, 5.41) is 0. The summed E-state index contributed by atoms with van der Waals surface area (Å²) in [7, 11) is 2.02. The highest BCUT2D eigenvalue weighted by molar-refractivity contribution is 9.10. The van der Waals surface area contributed by atoms with Gasteiger partial charge in [-0.2, -0.15) is 0 Å². The molecule has 2 aromatic carbocycles. The van der Waals surface area contributed by atoms with Crippen LogP contribution in [0.5, 0.6) is 0 Å². The van der Waals surface area contributed by atoms with E-state index in [2.05, 4.69) is 52.0 Å². The van der Waals surface area contributed by atoms with Crippen molar-refractivity contribution in [3.63, 3.8) is 0 Å². The molecule has 17 heavy (non-hydrogen) atoms. The molecule has 0 spiro atoms. The van der Waals surface area contributed by atoms with Crippen molar-refractivity contribution in [2.24, 2.45) is 0 Å². The van der Waals surface area contributed by atoms with Crippen LogP contribution in [-0.4, -0.2) is 7.05 Å². The van der Waals surface area contributed by atoms with Crippen LogP contribution in [0.25, 0.3) is 0 Å². The van der Waals surface area contributed by atoms with E-state index in [0.29, 0.717) is 0 Å². The molecule has 0 saturated heterocycles. The predicted octanol–water partition coefficient (Wildman–Crippen LogP) is 4.11. The maximum atomic E-state index is 6.03. The van der Waals surface area contributed by atoms with Gasteiger partial charge in [0.25, 0.3) is 0 Å². The molecule has 2 N–H and O–H groups in total. The Morgan fingerprint density at radius 3 is 2.53 bits per heavy atom. The summed E-state index contributed by atoms with van der Waals surface area (Å²) in [6, 6.07) is 14.3. The molecule has 0 fully saturated rings. The lowest BCUT2D eigenvalue weighted by atomic mass is 10.2. The van der Waals surface area contributed by atoms with E-state index in [4.69, 9.17) is 5.73 Å². The molecule has 0 bridgehead atoms. The molecule has 0 aliphatic carbocycles. The summed E-state index contributed by atoms with van der Waals surface area (Å²) >= 11 is 3.41. The van der Waals surface area contributed by atoms with Gasteiger partial charge in [0.1, 0.15) is 0 Å². The van der Waals surface area contributed by atoms with Gasteiger partial charge in [0.2, 0.25) is 0 Å². The Hall–Kier alpha value is -1.48. The zero-order valence-corrected chi connectivity index (χ0v) is 11.5. The van der Waals surface area contributed by atoms with E-state index in [9.17, 15) is 0 Å². The molecule has 2 rings (SSSR count). The van der Waals surface area contributed by atoms with Crippen LogP contribution in [0.15, 0.2) is 46.9 Å². The minimum absolute atomic E-state index is 0.767. The minimum Gasteiger partial charge on any atom is -0.397 e. The van der Waals surface area contributed by atoms with Gasteiger partial charge in [0, 0.05) is 17.2 Å². The maximum absolute atomic E-state index is 6.03. The molecule has 2 aromatic rings. The van der Waals surface area contributed by atoms with Gasteiger partial charge in [-0.15, -0.1) is 0 Å². The molecular weight excluding hydrogens is 276 g/mol. The maximum Gasteiger partial charge on any atom is 0.0642 e. The fraction of sp³-hybridized carbons (Fsp3) is 0.143. The summed E-state index contributed by atoms with van der Waals surface area (Å²) in [5.74, 6) is 0. The number of rotatable bonds is 2. The Morgan fingerprint density at radius 1 is 1.12 bits per heavy atom. The lowest BCUT2D eigenvalue weighted by Crippen LogP contribution is -2.11. The summed E-state index contributed by atoms with van der Waals surface area (Å²) < 4.78 is 0.997. The molecule has 0 unspecified atom stereocenters. The Kier molecular flexibility index (Phi) is 3.38. The van der Waals surface area contributed by atoms with Crippen LogP contribution in [0.1, 0.15) is 5.56 Å². The number of nitrogens with zero attached hydrogens (tertiary/aromatic N) is 1. The summed E-state index contributed by atoms with van der Waals surface area (Å²) in [4.78, 5) is 2.09. The molecule has 0 amide bonds. The van der Waals surface area contributed by atoms with Gasteiger partial charge in [-0.25, -0.2) is 0 Å². The molecule has 0 aliphatic rings. The first-order valence-electron chi connectivity index (χ1n) is 5.43. The zero-order chi connectivity index (χ0) is 12.4. The van der Waals surface area contributed by atoms with E-state index in [1.165, 1.54) is 5.56 Å². The standard InChI is InChI=1S/C14H15BrN2/c1-10-4-3-5-12(8-10)17(2)14-7-6-11(15)9-13(14)16/h3-9H,16H2,1-2H3. The Labute approximate surface area is 110 Å². The van der Waals surface area contributed by atoms with Crippen LogP contribution in [0.3, 0.4) is 0 Å². The highest BCUT2D eigenvalue weighted by Gasteiger charge is 2.07. The lowest BCUT2D eigenvalue weighted by molar-refractivity contribution is 1.20. The normalized spacial score (nSPS) is 10.3. The van der Waals surface area contributed by atoms with E-state index < -0.39 is 0 Å². The van der Waals surface area contributed by atoms with Crippen LogP contribution in [0.2, 0.25) is 0 Å². The van der Waals surface area contributed by atoms with Gasteiger partial charge in [-0.1, -0.05) is 28.1 Å². The highest BCUT2D eigenvalue weighted by atomic mass is 79.9. The first-order chi connectivity index (χ1) is 8.08. The van der Waals surface area contributed by atoms with Crippen LogP contribution >= 0.6 is 15.9 Å². The number of halogens is 1. The summed E-state index contributed by atoms with van der Waals surface area (Å²) in [6.07, 6.45) is 0. The third-order valence-electron chi connectivity index (χ3n) is 2.74. The number of nitrogen functional groups attached to an aromatic ring is 1. The van der Waals surface area contributed by atoms with E-state index in [1.807, 2.05) is 25.2 Å². The van der Waals surface area contributed by atoms with Crippen molar-refractivity contribution in [2.75, 3.05) is 17.7 Å². The van der Waals surface area contributed by atoms with Crippen LogP contribution in [0.4, 0.5) is 17.1 Å². The third-order valence-corrected chi connectivity index (χ3v) is 3.23. The fourth-order valence-corrected chi connectivity index (χ4v) is 2.19. The second kappa shape index (κ2) is 4.80. The Bertz CT molecular complexity index is 537. The van der Waals surface area contributed by atoms with Crippen molar-refractivity contribution in [3.05, 3.63) is 52.5 Å². The molecule has 2 nitrogen and oxygen atoms in total. The van der Waals surface area contributed by atoms with Gasteiger partial charge in [-0.05, 0) is 42.8 Å². The van der Waals surface area contributed by atoms with Crippen LogP contribution in [0, 0.1) is 6.92 Å². The average molecular weight is 291 g/mol. The van der Waals surface area contributed by atoms with Crippen LogP contribution < -0.4 is 10.6 Å². The lowest BCUT2D eigenvalue weighted by Gasteiger charge is -2.21.